The number of nitrogens with zero attached hydrogens (tertiary/aromatic N) is 1. The van der Waals surface area contributed by atoms with Gasteiger partial charge in [0, 0.05) is 17.7 Å². The minimum Gasteiger partial charge on any atom is -0.360 e. The quantitative estimate of drug-likeness (QED) is 0.655. The van der Waals surface area contributed by atoms with Gasteiger partial charge in [-0.05, 0) is 43.5 Å². The Hall–Kier alpha value is -3.12. The van der Waals surface area contributed by atoms with Gasteiger partial charge in [0.05, 0.1) is 11.1 Å². The fraction of sp³-hybridized carbons (Fsp3) is 0.227. The van der Waals surface area contributed by atoms with E-state index in [4.69, 9.17) is 16.1 Å². The first-order chi connectivity index (χ1) is 13.9. The van der Waals surface area contributed by atoms with Gasteiger partial charge in [-0.3, -0.25) is 9.59 Å². The number of fused-ring (bicyclic) bond motifs is 1. The highest BCUT2D eigenvalue weighted by Crippen LogP contribution is 2.32. The number of benzene rings is 2. The van der Waals surface area contributed by atoms with Gasteiger partial charge in [0.15, 0.2) is 0 Å². The maximum Gasteiger partial charge on any atom is 0.257 e. The molecule has 0 fully saturated rings. The van der Waals surface area contributed by atoms with E-state index >= 15 is 0 Å². The summed E-state index contributed by atoms with van der Waals surface area (Å²) >= 11 is 6.28. The van der Waals surface area contributed by atoms with Crippen LogP contribution in [0.5, 0.6) is 0 Å². The fourth-order valence-electron chi connectivity index (χ4n) is 3.50. The average molecular weight is 410 g/mol. The molecule has 1 aromatic heterocycles. The van der Waals surface area contributed by atoms with Gasteiger partial charge < -0.3 is 15.2 Å². The summed E-state index contributed by atoms with van der Waals surface area (Å²) in [5, 5.41) is 10.4. The van der Waals surface area contributed by atoms with Crippen LogP contribution in [0.3, 0.4) is 0 Å². The molecule has 0 bridgehead atoms. The van der Waals surface area contributed by atoms with Crippen LogP contribution in [0.2, 0.25) is 5.02 Å². The second kappa shape index (κ2) is 7.72. The fourth-order valence-corrected chi connectivity index (χ4v) is 3.73. The largest absolute Gasteiger partial charge is 0.360 e. The normalized spacial score (nSPS) is 14.1. The van der Waals surface area contributed by atoms with Crippen LogP contribution < -0.4 is 10.6 Å². The minimum atomic E-state index is -0.280. The summed E-state index contributed by atoms with van der Waals surface area (Å²) in [6, 6.07) is 12.8. The highest BCUT2D eigenvalue weighted by atomic mass is 35.5. The van der Waals surface area contributed by atoms with Crippen LogP contribution >= 0.6 is 11.6 Å². The van der Waals surface area contributed by atoms with Gasteiger partial charge in [-0.1, -0.05) is 47.1 Å². The summed E-state index contributed by atoms with van der Waals surface area (Å²) in [6.07, 6.45) is 1.16. The Labute approximate surface area is 173 Å². The van der Waals surface area contributed by atoms with Crippen molar-refractivity contribution in [2.75, 3.05) is 5.32 Å². The third-order valence-corrected chi connectivity index (χ3v) is 5.42. The number of rotatable bonds is 4. The lowest BCUT2D eigenvalue weighted by atomic mass is 9.97. The third-order valence-electron chi connectivity index (χ3n) is 5.09. The second-order valence-electron chi connectivity index (χ2n) is 7.10. The van der Waals surface area contributed by atoms with E-state index in [2.05, 4.69) is 15.8 Å². The summed E-state index contributed by atoms with van der Waals surface area (Å²) in [7, 11) is 0. The van der Waals surface area contributed by atoms with Crippen LogP contribution in [-0.4, -0.2) is 17.0 Å². The molecule has 0 saturated carbocycles. The Bertz CT molecular complexity index is 1110. The molecule has 2 N–H and O–H groups in total. The molecule has 1 unspecified atom stereocenters. The van der Waals surface area contributed by atoms with Crippen molar-refractivity contribution in [3.8, 4) is 11.3 Å². The lowest BCUT2D eigenvalue weighted by Crippen LogP contribution is -2.27. The molecule has 1 aliphatic rings. The van der Waals surface area contributed by atoms with E-state index in [9.17, 15) is 9.59 Å². The number of hydrogen-bond donors (Lipinski definition) is 2. The van der Waals surface area contributed by atoms with Gasteiger partial charge in [0.2, 0.25) is 5.91 Å². The topological polar surface area (TPSA) is 84.2 Å². The van der Waals surface area contributed by atoms with Gasteiger partial charge >= 0.3 is 0 Å². The maximum atomic E-state index is 13.0. The molecular formula is C22H20ClN3O3. The Morgan fingerprint density at radius 3 is 2.83 bits per heavy atom. The molecule has 2 heterocycles. The molecule has 0 aliphatic carbocycles. The van der Waals surface area contributed by atoms with Gasteiger partial charge in [-0.2, -0.15) is 0 Å². The molecular weight excluding hydrogens is 390 g/mol. The Kier molecular flexibility index (Phi) is 5.11. The van der Waals surface area contributed by atoms with E-state index in [-0.39, 0.29) is 17.9 Å². The van der Waals surface area contributed by atoms with E-state index in [1.54, 1.807) is 19.1 Å². The molecule has 2 aromatic carbocycles. The van der Waals surface area contributed by atoms with Crippen LogP contribution in [-0.2, 0) is 11.2 Å². The molecule has 148 valence electrons. The molecule has 1 aliphatic heterocycles. The molecule has 29 heavy (non-hydrogen) atoms. The molecule has 2 amide bonds. The van der Waals surface area contributed by atoms with Gasteiger partial charge in [-0.15, -0.1) is 0 Å². The van der Waals surface area contributed by atoms with Gasteiger partial charge in [0.25, 0.3) is 5.91 Å². The number of amides is 2. The van der Waals surface area contributed by atoms with Crippen LogP contribution in [0.25, 0.3) is 11.3 Å². The molecule has 0 spiro atoms. The molecule has 4 rings (SSSR count). The monoisotopic (exact) mass is 409 g/mol. The number of halogens is 1. The summed E-state index contributed by atoms with van der Waals surface area (Å²) in [5.41, 5.74) is 4.30. The lowest BCUT2D eigenvalue weighted by Gasteiger charge is -2.20. The van der Waals surface area contributed by atoms with E-state index < -0.39 is 0 Å². The van der Waals surface area contributed by atoms with Crippen molar-refractivity contribution >= 4 is 29.1 Å². The average Bonchev–Trinajstić information content (AvgIpc) is 3.09. The maximum absolute atomic E-state index is 13.0. The zero-order chi connectivity index (χ0) is 20.5. The van der Waals surface area contributed by atoms with Crippen LogP contribution in [0.1, 0.15) is 46.6 Å². The minimum absolute atomic E-state index is 0.0293. The van der Waals surface area contributed by atoms with Crippen LogP contribution in [0.15, 0.2) is 47.0 Å². The predicted octanol–water partition coefficient (Wildman–Crippen LogP) is 4.68. The van der Waals surface area contributed by atoms with Gasteiger partial charge in [-0.25, -0.2) is 0 Å². The zero-order valence-electron chi connectivity index (χ0n) is 16.1. The highest BCUT2D eigenvalue weighted by Gasteiger charge is 2.25. The number of carbonyl (C=O) groups is 2. The predicted molar refractivity (Wildman–Crippen MR) is 111 cm³/mol. The van der Waals surface area contributed by atoms with Crippen molar-refractivity contribution in [3.63, 3.8) is 0 Å². The highest BCUT2D eigenvalue weighted by molar-refractivity contribution is 6.33. The van der Waals surface area contributed by atoms with E-state index in [1.807, 2.05) is 37.3 Å². The van der Waals surface area contributed by atoms with Crippen molar-refractivity contribution in [1.82, 2.24) is 10.5 Å². The zero-order valence-corrected chi connectivity index (χ0v) is 16.8. The van der Waals surface area contributed by atoms with E-state index in [0.29, 0.717) is 40.4 Å². The van der Waals surface area contributed by atoms with E-state index in [0.717, 1.165) is 16.8 Å². The first kappa shape index (κ1) is 19.2. The standard InChI is InChI=1S/C22H20ClN3O3/c1-12(14-7-9-18-15(11-14)8-10-19(27)25-18)24-22(28)20-13(2)29-26-21(20)16-5-3-4-6-17(16)23/h3-7,9,11-12H,8,10H2,1-2H3,(H,24,28)(H,25,27). The molecule has 0 saturated heterocycles. The van der Waals surface area contributed by atoms with Crippen molar-refractivity contribution in [1.29, 1.82) is 0 Å². The summed E-state index contributed by atoms with van der Waals surface area (Å²) in [5.74, 6) is 0.177. The molecule has 1 atom stereocenters. The number of nitrogens with one attached hydrogen (secondary N) is 2. The van der Waals surface area contributed by atoms with Crippen LogP contribution in [0, 0.1) is 6.92 Å². The summed E-state index contributed by atoms with van der Waals surface area (Å²) in [4.78, 5) is 24.6. The number of aromatic nitrogens is 1. The SMILES string of the molecule is Cc1onc(-c2ccccc2Cl)c1C(=O)NC(C)c1ccc2c(c1)CCC(=O)N2. The number of anilines is 1. The Morgan fingerprint density at radius 2 is 2.03 bits per heavy atom. The third kappa shape index (κ3) is 3.76. The number of aryl methyl sites for hydroxylation is 2. The molecule has 7 heteroatoms. The first-order valence-corrected chi connectivity index (χ1v) is 9.76. The molecule has 0 radical (unpaired) electrons. The van der Waals surface area contributed by atoms with Crippen molar-refractivity contribution in [2.45, 2.75) is 32.7 Å². The Balaban J connectivity index is 1.58. The summed E-state index contributed by atoms with van der Waals surface area (Å²) < 4.78 is 5.29. The Morgan fingerprint density at radius 1 is 1.24 bits per heavy atom. The molecule has 3 aromatic rings. The van der Waals surface area contributed by atoms with Crippen molar-refractivity contribution in [2.24, 2.45) is 0 Å². The van der Waals surface area contributed by atoms with Crippen molar-refractivity contribution in [3.05, 3.63) is 69.9 Å². The second-order valence-corrected chi connectivity index (χ2v) is 7.51. The number of carbonyl (C=O) groups excluding carboxylic acids is 2. The molecule has 6 nitrogen and oxygen atoms in total. The van der Waals surface area contributed by atoms with Crippen LogP contribution in [0.4, 0.5) is 5.69 Å². The first-order valence-electron chi connectivity index (χ1n) is 9.38. The van der Waals surface area contributed by atoms with Crippen molar-refractivity contribution < 1.29 is 14.1 Å². The lowest BCUT2D eigenvalue weighted by molar-refractivity contribution is -0.116. The summed E-state index contributed by atoms with van der Waals surface area (Å²) in [6.45, 7) is 3.62. The smallest absolute Gasteiger partial charge is 0.257 e. The van der Waals surface area contributed by atoms with E-state index in [1.165, 1.54) is 0 Å². The van der Waals surface area contributed by atoms with Gasteiger partial charge in [0.1, 0.15) is 17.0 Å². The number of hydrogen-bond acceptors (Lipinski definition) is 4.